The maximum atomic E-state index is 4.23. The Balaban J connectivity index is 2.12. The molecule has 1 aromatic heterocycles. The first kappa shape index (κ1) is 11.0. The average Bonchev–Trinajstić information content (AvgIpc) is 2.38. The molecule has 1 aliphatic rings. The molecule has 4 heteroatoms. The van der Waals surface area contributed by atoms with Crippen LogP contribution in [0.2, 0.25) is 0 Å². The molecule has 2 rings (SSSR count). The third kappa shape index (κ3) is 2.56. The van der Waals surface area contributed by atoms with Crippen molar-refractivity contribution in [1.82, 2.24) is 15.0 Å². The van der Waals surface area contributed by atoms with Gasteiger partial charge in [0.25, 0.3) is 0 Å². The molecule has 1 fully saturated rings. The van der Waals surface area contributed by atoms with Crippen LogP contribution in [0.3, 0.4) is 0 Å². The molecule has 1 aliphatic carbocycles. The summed E-state index contributed by atoms with van der Waals surface area (Å²) in [6, 6.07) is 0.564. The van der Waals surface area contributed by atoms with E-state index in [4.69, 9.17) is 0 Å². The van der Waals surface area contributed by atoms with Gasteiger partial charge in [-0.1, -0.05) is 25.3 Å². The van der Waals surface area contributed by atoms with Crippen molar-refractivity contribution in [2.75, 3.05) is 11.4 Å². The quantitative estimate of drug-likeness (QED) is 0.726. The Labute approximate surface area is 96.4 Å². The highest BCUT2D eigenvalue weighted by Crippen LogP contribution is 2.24. The van der Waals surface area contributed by atoms with Crippen molar-refractivity contribution in [3.63, 3.8) is 0 Å². The zero-order valence-corrected chi connectivity index (χ0v) is 9.55. The number of anilines is 1. The molecule has 1 heterocycles. The summed E-state index contributed by atoms with van der Waals surface area (Å²) in [6.45, 7) is 4.62. The molecule has 0 atom stereocenters. The summed E-state index contributed by atoms with van der Waals surface area (Å²) in [4.78, 5) is 14.6. The Morgan fingerprint density at radius 1 is 1.25 bits per heavy atom. The molecule has 0 N–H and O–H groups in total. The van der Waals surface area contributed by atoms with Gasteiger partial charge in [-0.15, -0.1) is 6.58 Å². The largest absolute Gasteiger partial charge is 0.334 e. The van der Waals surface area contributed by atoms with Gasteiger partial charge >= 0.3 is 0 Å². The molecular weight excluding hydrogens is 200 g/mol. The van der Waals surface area contributed by atoms with Gasteiger partial charge in [0.1, 0.15) is 12.7 Å². The van der Waals surface area contributed by atoms with Crippen LogP contribution >= 0.6 is 0 Å². The molecule has 0 saturated heterocycles. The molecule has 0 radical (unpaired) electrons. The zero-order chi connectivity index (χ0) is 11.2. The topological polar surface area (TPSA) is 41.9 Å². The van der Waals surface area contributed by atoms with Crippen molar-refractivity contribution in [3.8, 4) is 0 Å². The van der Waals surface area contributed by atoms with Crippen molar-refractivity contribution >= 4 is 5.95 Å². The number of hydrogen-bond donors (Lipinski definition) is 0. The van der Waals surface area contributed by atoms with Gasteiger partial charge in [0.05, 0.1) is 0 Å². The number of hydrogen-bond acceptors (Lipinski definition) is 4. The van der Waals surface area contributed by atoms with Crippen LogP contribution in [0.4, 0.5) is 5.95 Å². The molecule has 86 valence electrons. The van der Waals surface area contributed by atoms with Gasteiger partial charge in [0, 0.05) is 12.6 Å². The summed E-state index contributed by atoms with van der Waals surface area (Å²) in [7, 11) is 0. The predicted octanol–water partition coefficient (Wildman–Crippen LogP) is 2.20. The van der Waals surface area contributed by atoms with E-state index in [-0.39, 0.29) is 0 Å². The van der Waals surface area contributed by atoms with E-state index in [1.807, 2.05) is 6.08 Å². The van der Waals surface area contributed by atoms with Crippen LogP contribution in [-0.2, 0) is 0 Å². The summed E-state index contributed by atoms with van der Waals surface area (Å²) in [5.74, 6) is 0.779. The fraction of sp³-hybridized carbons (Fsp3) is 0.583. The third-order valence-corrected chi connectivity index (χ3v) is 3.08. The van der Waals surface area contributed by atoms with Crippen LogP contribution in [0, 0.1) is 0 Å². The number of aromatic nitrogens is 3. The zero-order valence-electron chi connectivity index (χ0n) is 9.55. The van der Waals surface area contributed by atoms with E-state index >= 15 is 0 Å². The lowest BCUT2D eigenvalue weighted by Gasteiger charge is -2.33. The predicted molar refractivity (Wildman–Crippen MR) is 64.2 cm³/mol. The molecule has 16 heavy (non-hydrogen) atoms. The highest BCUT2D eigenvalue weighted by molar-refractivity contribution is 5.31. The lowest BCUT2D eigenvalue weighted by atomic mass is 9.94. The Morgan fingerprint density at radius 2 is 1.94 bits per heavy atom. The summed E-state index contributed by atoms with van der Waals surface area (Å²) in [6.07, 6.45) is 11.5. The van der Waals surface area contributed by atoms with E-state index in [2.05, 4.69) is 26.4 Å². The smallest absolute Gasteiger partial charge is 0.228 e. The van der Waals surface area contributed by atoms with Crippen LogP contribution < -0.4 is 4.90 Å². The minimum atomic E-state index is 0.564. The van der Waals surface area contributed by atoms with E-state index in [0.29, 0.717) is 6.04 Å². The molecule has 0 aromatic carbocycles. The minimum Gasteiger partial charge on any atom is -0.334 e. The van der Waals surface area contributed by atoms with E-state index in [9.17, 15) is 0 Å². The lowest BCUT2D eigenvalue weighted by molar-refractivity contribution is 0.417. The lowest BCUT2D eigenvalue weighted by Crippen LogP contribution is -2.38. The maximum Gasteiger partial charge on any atom is 0.228 e. The van der Waals surface area contributed by atoms with Crippen LogP contribution in [0.1, 0.15) is 32.1 Å². The van der Waals surface area contributed by atoms with Crippen molar-refractivity contribution in [2.45, 2.75) is 38.1 Å². The highest BCUT2D eigenvalue weighted by Gasteiger charge is 2.21. The second-order valence-corrected chi connectivity index (χ2v) is 4.17. The van der Waals surface area contributed by atoms with E-state index in [1.54, 1.807) is 12.7 Å². The summed E-state index contributed by atoms with van der Waals surface area (Å²) < 4.78 is 0. The van der Waals surface area contributed by atoms with Crippen LogP contribution in [0.25, 0.3) is 0 Å². The molecule has 0 amide bonds. The van der Waals surface area contributed by atoms with Crippen molar-refractivity contribution in [2.24, 2.45) is 0 Å². The molecule has 1 saturated carbocycles. The monoisotopic (exact) mass is 218 g/mol. The number of nitrogens with zero attached hydrogens (tertiary/aromatic N) is 4. The summed E-state index contributed by atoms with van der Waals surface area (Å²) in [5, 5.41) is 0. The molecular formula is C12H18N4. The number of rotatable bonds is 4. The van der Waals surface area contributed by atoms with Crippen LogP contribution in [-0.4, -0.2) is 27.5 Å². The van der Waals surface area contributed by atoms with Crippen molar-refractivity contribution in [1.29, 1.82) is 0 Å². The first-order valence-electron chi connectivity index (χ1n) is 5.91. The Morgan fingerprint density at radius 3 is 2.56 bits per heavy atom. The SMILES string of the molecule is C=CCN(c1ncncn1)C1CCCCC1. The molecule has 1 aromatic rings. The molecule has 4 nitrogen and oxygen atoms in total. The van der Waals surface area contributed by atoms with Gasteiger partial charge in [-0.2, -0.15) is 0 Å². The van der Waals surface area contributed by atoms with Gasteiger partial charge in [-0.05, 0) is 12.8 Å². The van der Waals surface area contributed by atoms with E-state index in [1.165, 1.54) is 32.1 Å². The first-order chi connectivity index (χ1) is 7.92. The van der Waals surface area contributed by atoms with Gasteiger partial charge in [0.15, 0.2) is 0 Å². The average molecular weight is 218 g/mol. The summed E-state index contributed by atoms with van der Waals surface area (Å²) >= 11 is 0. The Bertz CT molecular complexity index is 319. The minimum absolute atomic E-state index is 0.564. The molecule has 0 unspecified atom stereocenters. The first-order valence-corrected chi connectivity index (χ1v) is 5.91. The fourth-order valence-corrected chi connectivity index (χ4v) is 2.31. The Hall–Kier alpha value is -1.45. The van der Waals surface area contributed by atoms with E-state index in [0.717, 1.165) is 12.5 Å². The van der Waals surface area contributed by atoms with Crippen molar-refractivity contribution in [3.05, 3.63) is 25.3 Å². The fourth-order valence-electron chi connectivity index (χ4n) is 2.31. The molecule has 0 aliphatic heterocycles. The van der Waals surface area contributed by atoms with E-state index < -0.39 is 0 Å². The maximum absolute atomic E-state index is 4.23. The van der Waals surface area contributed by atoms with Gasteiger partial charge in [-0.3, -0.25) is 0 Å². The standard InChI is InChI=1S/C12H18N4/c1-2-8-16(11-6-4-3-5-7-11)12-14-9-13-10-15-12/h2,9-11H,1,3-8H2. The summed E-state index contributed by atoms with van der Waals surface area (Å²) in [5.41, 5.74) is 0. The second kappa shape index (κ2) is 5.58. The normalized spacial score (nSPS) is 17.0. The third-order valence-electron chi connectivity index (χ3n) is 3.08. The van der Waals surface area contributed by atoms with Crippen LogP contribution in [0.15, 0.2) is 25.3 Å². The Kier molecular flexibility index (Phi) is 3.86. The van der Waals surface area contributed by atoms with Gasteiger partial charge in [-0.25, -0.2) is 15.0 Å². The van der Waals surface area contributed by atoms with Crippen molar-refractivity contribution < 1.29 is 0 Å². The second-order valence-electron chi connectivity index (χ2n) is 4.17. The highest BCUT2D eigenvalue weighted by atomic mass is 15.3. The van der Waals surface area contributed by atoms with Crippen LogP contribution in [0.5, 0.6) is 0 Å². The van der Waals surface area contributed by atoms with Gasteiger partial charge in [0.2, 0.25) is 5.95 Å². The molecule has 0 spiro atoms. The van der Waals surface area contributed by atoms with Gasteiger partial charge < -0.3 is 4.90 Å². The molecule has 0 bridgehead atoms.